The van der Waals surface area contributed by atoms with Crippen molar-refractivity contribution in [1.82, 2.24) is 10.2 Å². The molecule has 0 unspecified atom stereocenters. The molecule has 2 amide bonds. The summed E-state index contributed by atoms with van der Waals surface area (Å²) in [4.78, 5) is 30.1. The maximum Gasteiger partial charge on any atom is 0.255 e. The van der Waals surface area contributed by atoms with E-state index in [-0.39, 0.29) is 24.4 Å². The average Bonchev–Trinajstić information content (AvgIpc) is 3.59. The number of methoxy groups -OCH3 is 2. The highest BCUT2D eigenvalue weighted by Crippen LogP contribution is 2.33. The number of ether oxygens (including phenoxy) is 2. The second kappa shape index (κ2) is 11.6. The van der Waals surface area contributed by atoms with Crippen LogP contribution >= 0.6 is 22.9 Å². The Labute approximate surface area is 214 Å². The van der Waals surface area contributed by atoms with Gasteiger partial charge in [0.25, 0.3) is 5.91 Å². The van der Waals surface area contributed by atoms with Crippen LogP contribution in [0.2, 0.25) is 5.02 Å². The fraction of sp³-hybridized carbons (Fsp3) is 0.333. The first-order chi connectivity index (χ1) is 17.0. The number of halogens is 1. The van der Waals surface area contributed by atoms with Gasteiger partial charge in [0.05, 0.1) is 14.2 Å². The minimum Gasteiger partial charge on any atom is -0.493 e. The van der Waals surface area contributed by atoms with Gasteiger partial charge in [-0.15, -0.1) is 11.3 Å². The molecule has 0 spiro atoms. The van der Waals surface area contributed by atoms with Crippen LogP contribution in [0.4, 0.5) is 0 Å². The molecule has 2 aromatic carbocycles. The molecule has 1 saturated carbocycles. The smallest absolute Gasteiger partial charge is 0.255 e. The molecule has 1 fully saturated rings. The van der Waals surface area contributed by atoms with Gasteiger partial charge in [-0.25, -0.2) is 0 Å². The summed E-state index contributed by atoms with van der Waals surface area (Å²) in [6.07, 6.45) is 4.11. The van der Waals surface area contributed by atoms with E-state index in [1.165, 1.54) is 18.4 Å². The molecule has 1 aromatic heterocycles. The zero-order valence-corrected chi connectivity index (χ0v) is 21.4. The molecule has 8 heteroatoms. The van der Waals surface area contributed by atoms with E-state index < -0.39 is 6.04 Å². The van der Waals surface area contributed by atoms with Crippen molar-refractivity contribution in [2.75, 3.05) is 14.2 Å². The molecule has 3 aromatic rings. The molecule has 35 heavy (non-hydrogen) atoms. The van der Waals surface area contributed by atoms with E-state index in [0.29, 0.717) is 22.1 Å². The summed E-state index contributed by atoms with van der Waals surface area (Å²) in [6, 6.07) is 15.5. The van der Waals surface area contributed by atoms with E-state index in [0.717, 1.165) is 36.1 Å². The summed E-state index contributed by atoms with van der Waals surface area (Å²) in [6.45, 7) is 0.174. The molecular formula is C27H29ClN2O4S. The molecule has 4 rings (SSSR count). The maximum atomic E-state index is 14.0. The van der Waals surface area contributed by atoms with Crippen LogP contribution in [0.3, 0.4) is 0 Å². The monoisotopic (exact) mass is 512 g/mol. The molecule has 1 atom stereocenters. The summed E-state index contributed by atoms with van der Waals surface area (Å²) in [5, 5.41) is 5.65. The molecular weight excluding hydrogens is 484 g/mol. The number of nitrogens with zero attached hydrogens (tertiary/aromatic N) is 1. The second-order valence-corrected chi connectivity index (χ2v) is 9.89. The summed E-state index contributed by atoms with van der Waals surface area (Å²) in [5.74, 6) is 0.487. The van der Waals surface area contributed by atoms with Gasteiger partial charge in [-0.3, -0.25) is 9.59 Å². The molecule has 1 heterocycles. The molecule has 1 N–H and O–H groups in total. The van der Waals surface area contributed by atoms with Crippen LogP contribution in [0, 0.1) is 0 Å². The molecule has 6 nitrogen and oxygen atoms in total. The topological polar surface area (TPSA) is 67.9 Å². The highest BCUT2D eigenvalue weighted by Gasteiger charge is 2.35. The zero-order valence-electron chi connectivity index (χ0n) is 19.8. The second-order valence-electron chi connectivity index (χ2n) is 8.50. The first-order valence-corrected chi connectivity index (χ1v) is 12.9. The van der Waals surface area contributed by atoms with Gasteiger partial charge in [-0.1, -0.05) is 48.7 Å². The highest BCUT2D eigenvalue weighted by molar-refractivity contribution is 7.10. The lowest BCUT2D eigenvalue weighted by Gasteiger charge is -2.32. The number of thiophene rings is 1. The fourth-order valence-electron chi connectivity index (χ4n) is 4.45. The Morgan fingerprint density at radius 2 is 1.80 bits per heavy atom. The summed E-state index contributed by atoms with van der Waals surface area (Å²) in [5.41, 5.74) is 1.16. The summed E-state index contributed by atoms with van der Waals surface area (Å²) in [7, 11) is 3.07. The Hall–Kier alpha value is -3.03. The normalized spacial score (nSPS) is 14.4. The van der Waals surface area contributed by atoms with Crippen LogP contribution < -0.4 is 14.8 Å². The summed E-state index contributed by atoms with van der Waals surface area (Å²) < 4.78 is 10.8. The molecule has 0 radical (unpaired) electrons. The maximum absolute atomic E-state index is 14.0. The fourth-order valence-corrected chi connectivity index (χ4v) is 5.48. The van der Waals surface area contributed by atoms with E-state index in [2.05, 4.69) is 5.32 Å². The highest BCUT2D eigenvalue weighted by atomic mass is 35.5. The standard InChI is InChI=1S/C27H29ClN2O4S/c1-33-22-14-13-18(16-23(22)34-2)27(32)30(17-19-8-3-6-11-21(19)28)25(24-12-7-15-35-24)26(31)29-20-9-4-5-10-20/h3,6-8,11-16,20,25H,4-5,9-10,17H2,1-2H3,(H,29,31)/t25-/m0/s1. The Morgan fingerprint density at radius 3 is 2.46 bits per heavy atom. The molecule has 0 aliphatic heterocycles. The van der Waals surface area contributed by atoms with Crippen LogP contribution in [0.15, 0.2) is 60.0 Å². The predicted molar refractivity (Wildman–Crippen MR) is 138 cm³/mol. The van der Waals surface area contributed by atoms with Crippen molar-refractivity contribution < 1.29 is 19.1 Å². The first kappa shape index (κ1) is 25.1. The van der Waals surface area contributed by atoms with Crippen molar-refractivity contribution in [3.8, 4) is 11.5 Å². The van der Waals surface area contributed by atoms with Gasteiger partial charge < -0.3 is 19.7 Å². The van der Waals surface area contributed by atoms with Gasteiger partial charge in [-0.05, 0) is 54.1 Å². The molecule has 0 saturated heterocycles. The van der Waals surface area contributed by atoms with E-state index in [1.807, 2.05) is 35.7 Å². The Morgan fingerprint density at radius 1 is 1.06 bits per heavy atom. The van der Waals surface area contributed by atoms with Gasteiger partial charge in [0.2, 0.25) is 5.91 Å². The van der Waals surface area contributed by atoms with E-state index >= 15 is 0 Å². The number of benzene rings is 2. The van der Waals surface area contributed by atoms with Gasteiger partial charge in [0.15, 0.2) is 11.5 Å². The van der Waals surface area contributed by atoms with Gasteiger partial charge in [0, 0.05) is 28.0 Å². The number of hydrogen-bond acceptors (Lipinski definition) is 5. The Bertz CT molecular complexity index is 1160. The third-order valence-corrected chi connectivity index (χ3v) is 7.56. The van der Waals surface area contributed by atoms with Gasteiger partial charge >= 0.3 is 0 Å². The Kier molecular flexibility index (Phi) is 8.31. The Balaban J connectivity index is 1.76. The minimum absolute atomic E-state index is 0.128. The zero-order chi connectivity index (χ0) is 24.8. The number of carbonyl (C=O) groups excluding carboxylic acids is 2. The van der Waals surface area contributed by atoms with E-state index in [9.17, 15) is 9.59 Å². The van der Waals surface area contributed by atoms with Crippen molar-refractivity contribution in [2.45, 2.75) is 44.3 Å². The van der Waals surface area contributed by atoms with Crippen LogP contribution in [0.5, 0.6) is 11.5 Å². The lowest BCUT2D eigenvalue weighted by molar-refractivity contribution is -0.126. The van der Waals surface area contributed by atoms with Crippen LogP contribution in [-0.2, 0) is 11.3 Å². The van der Waals surface area contributed by atoms with Crippen LogP contribution in [0.1, 0.15) is 52.5 Å². The average molecular weight is 513 g/mol. The third kappa shape index (κ3) is 5.80. The predicted octanol–water partition coefficient (Wildman–Crippen LogP) is 5.86. The third-order valence-electron chi connectivity index (χ3n) is 6.26. The molecule has 1 aliphatic carbocycles. The van der Waals surface area contributed by atoms with Crippen molar-refractivity contribution in [1.29, 1.82) is 0 Å². The van der Waals surface area contributed by atoms with E-state index in [1.54, 1.807) is 36.3 Å². The summed E-state index contributed by atoms with van der Waals surface area (Å²) >= 11 is 7.93. The van der Waals surface area contributed by atoms with Crippen LogP contribution in [-0.4, -0.2) is 37.0 Å². The van der Waals surface area contributed by atoms with Crippen molar-refractivity contribution in [3.63, 3.8) is 0 Å². The number of amides is 2. The number of nitrogens with one attached hydrogen (secondary N) is 1. The number of hydrogen-bond donors (Lipinski definition) is 1. The molecule has 184 valence electrons. The molecule has 1 aliphatic rings. The quantitative estimate of drug-likeness (QED) is 0.390. The van der Waals surface area contributed by atoms with E-state index in [4.69, 9.17) is 21.1 Å². The van der Waals surface area contributed by atoms with Crippen molar-refractivity contribution >= 4 is 34.8 Å². The van der Waals surface area contributed by atoms with Crippen LogP contribution in [0.25, 0.3) is 0 Å². The minimum atomic E-state index is -0.799. The molecule has 0 bridgehead atoms. The lowest BCUT2D eigenvalue weighted by Crippen LogP contribution is -2.45. The largest absolute Gasteiger partial charge is 0.493 e. The van der Waals surface area contributed by atoms with Gasteiger partial charge in [0.1, 0.15) is 6.04 Å². The van der Waals surface area contributed by atoms with Crippen molar-refractivity contribution in [2.24, 2.45) is 0 Å². The first-order valence-electron chi connectivity index (χ1n) is 11.6. The SMILES string of the molecule is COc1ccc(C(=O)N(Cc2ccccc2Cl)[C@H](C(=O)NC2CCCC2)c2cccs2)cc1OC. The van der Waals surface area contributed by atoms with Crippen molar-refractivity contribution in [3.05, 3.63) is 81.0 Å². The van der Waals surface area contributed by atoms with Gasteiger partial charge in [-0.2, -0.15) is 0 Å². The number of rotatable bonds is 9. The number of carbonyl (C=O) groups is 2. The lowest BCUT2D eigenvalue weighted by atomic mass is 10.1.